The number of amides is 1. The van der Waals surface area contributed by atoms with Crippen LogP contribution in [0.15, 0.2) is 24.3 Å². The molecule has 0 spiro atoms. The summed E-state index contributed by atoms with van der Waals surface area (Å²) in [5.41, 5.74) is 0.857. The second kappa shape index (κ2) is 7.39. The Balaban J connectivity index is 2.41. The van der Waals surface area contributed by atoms with Gasteiger partial charge in [-0.05, 0) is 19.0 Å². The molecule has 0 aliphatic carbocycles. The molecule has 0 aromatic heterocycles. The van der Waals surface area contributed by atoms with Crippen molar-refractivity contribution >= 4 is 11.6 Å². The van der Waals surface area contributed by atoms with E-state index >= 15 is 0 Å². The SMILES string of the molecule is CNCCNC(=O)CCc1cccc([N+](=O)[O-])c1. The van der Waals surface area contributed by atoms with Crippen molar-refractivity contribution < 1.29 is 9.72 Å². The summed E-state index contributed by atoms with van der Waals surface area (Å²) in [5.74, 6) is -0.0447. The Labute approximate surface area is 106 Å². The van der Waals surface area contributed by atoms with Crippen LogP contribution in [-0.2, 0) is 11.2 Å². The number of aryl methyl sites for hydroxylation is 1. The lowest BCUT2D eigenvalue weighted by Crippen LogP contribution is -2.30. The Morgan fingerprint density at radius 3 is 2.83 bits per heavy atom. The van der Waals surface area contributed by atoms with E-state index < -0.39 is 4.92 Å². The second-order valence-electron chi connectivity index (χ2n) is 3.88. The third-order valence-corrected chi connectivity index (χ3v) is 2.46. The number of carbonyl (C=O) groups excluding carboxylic acids is 1. The van der Waals surface area contributed by atoms with E-state index in [2.05, 4.69) is 10.6 Å². The average Bonchev–Trinajstić information content (AvgIpc) is 2.37. The van der Waals surface area contributed by atoms with Gasteiger partial charge in [0, 0.05) is 31.6 Å². The van der Waals surface area contributed by atoms with Gasteiger partial charge in [-0.3, -0.25) is 14.9 Å². The Morgan fingerprint density at radius 2 is 2.17 bits per heavy atom. The molecule has 6 nitrogen and oxygen atoms in total. The van der Waals surface area contributed by atoms with Crippen molar-refractivity contribution in [2.45, 2.75) is 12.8 Å². The van der Waals surface area contributed by atoms with Gasteiger partial charge in [0.2, 0.25) is 5.91 Å². The summed E-state index contributed by atoms with van der Waals surface area (Å²) in [5, 5.41) is 16.3. The third-order valence-electron chi connectivity index (χ3n) is 2.46. The molecule has 0 aliphatic heterocycles. The maximum Gasteiger partial charge on any atom is 0.269 e. The van der Waals surface area contributed by atoms with Gasteiger partial charge in [-0.25, -0.2) is 0 Å². The van der Waals surface area contributed by atoms with Crippen LogP contribution in [0.1, 0.15) is 12.0 Å². The molecule has 1 rings (SSSR count). The summed E-state index contributed by atoms with van der Waals surface area (Å²) in [7, 11) is 1.81. The van der Waals surface area contributed by atoms with E-state index in [0.29, 0.717) is 19.4 Å². The molecule has 0 radical (unpaired) electrons. The molecule has 1 aromatic rings. The largest absolute Gasteiger partial charge is 0.355 e. The average molecular weight is 251 g/mol. The first kappa shape index (κ1) is 14.1. The van der Waals surface area contributed by atoms with Gasteiger partial charge in [0.25, 0.3) is 5.69 Å². The van der Waals surface area contributed by atoms with Crippen LogP contribution in [0.25, 0.3) is 0 Å². The number of nitro benzene ring substituents is 1. The first-order chi connectivity index (χ1) is 8.63. The van der Waals surface area contributed by atoms with Gasteiger partial charge >= 0.3 is 0 Å². The molecule has 0 atom stereocenters. The quantitative estimate of drug-likeness (QED) is 0.427. The number of nitro groups is 1. The highest BCUT2D eigenvalue weighted by Crippen LogP contribution is 2.14. The molecule has 0 aliphatic rings. The maximum absolute atomic E-state index is 11.4. The van der Waals surface area contributed by atoms with Crippen LogP contribution < -0.4 is 10.6 Å². The molecular weight excluding hydrogens is 234 g/mol. The number of likely N-dealkylation sites (N-methyl/N-ethyl adjacent to an activating group) is 1. The van der Waals surface area contributed by atoms with Crippen molar-refractivity contribution in [1.82, 2.24) is 10.6 Å². The number of hydrogen-bond acceptors (Lipinski definition) is 4. The van der Waals surface area contributed by atoms with Crippen molar-refractivity contribution in [1.29, 1.82) is 0 Å². The highest BCUT2D eigenvalue weighted by Gasteiger charge is 2.07. The topological polar surface area (TPSA) is 84.3 Å². The van der Waals surface area contributed by atoms with Crippen LogP contribution in [0.5, 0.6) is 0 Å². The van der Waals surface area contributed by atoms with E-state index in [1.807, 2.05) is 7.05 Å². The molecule has 0 unspecified atom stereocenters. The Bertz CT molecular complexity index is 421. The predicted molar refractivity (Wildman–Crippen MR) is 68.4 cm³/mol. The minimum absolute atomic E-state index is 0.0447. The van der Waals surface area contributed by atoms with Crippen molar-refractivity contribution in [2.24, 2.45) is 0 Å². The molecule has 0 fully saturated rings. The molecule has 2 N–H and O–H groups in total. The highest BCUT2D eigenvalue weighted by molar-refractivity contribution is 5.76. The van der Waals surface area contributed by atoms with Crippen molar-refractivity contribution in [3.63, 3.8) is 0 Å². The summed E-state index contributed by atoms with van der Waals surface area (Å²) in [6, 6.07) is 6.36. The molecule has 1 aromatic carbocycles. The smallest absolute Gasteiger partial charge is 0.269 e. The number of hydrogen-bond donors (Lipinski definition) is 2. The Hall–Kier alpha value is -1.95. The van der Waals surface area contributed by atoms with Crippen LogP contribution in [0, 0.1) is 10.1 Å². The molecule has 18 heavy (non-hydrogen) atoms. The van der Waals surface area contributed by atoms with Crippen molar-refractivity contribution in [3.05, 3.63) is 39.9 Å². The molecule has 0 saturated carbocycles. The molecule has 0 saturated heterocycles. The number of carbonyl (C=O) groups is 1. The van der Waals surface area contributed by atoms with Gasteiger partial charge in [-0.15, -0.1) is 0 Å². The standard InChI is InChI=1S/C12H17N3O3/c1-13-7-8-14-12(16)6-5-10-3-2-4-11(9-10)15(17)18/h2-4,9,13H,5-8H2,1H3,(H,14,16). The minimum Gasteiger partial charge on any atom is -0.355 e. The van der Waals surface area contributed by atoms with Gasteiger partial charge in [0.05, 0.1) is 4.92 Å². The van der Waals surface area contributed by atoms with Gasteiger partial charge in [-0.1, -0.05) is 12.1 Å². The molecule has 1 amide bonds. The van der Waals surface area contributed by atoms with Gasteiger partial charge in [0.15, 0.2) is 0 Å². The molecule has 0 bridgehead atoms. The van der Waals surface area contributed by atoms with Gasteiger partial charge in [0.1, 0.15) is 0 Å². The van der Waals surface area contributed by atoms with Crippen LogP contribution in [0.4, 0.5) is 5.69 Å². The van der Waals surface area contributed by atoms with E-state index in [4.69, 9.17) is 0 Å². The Kier molecular flexibility index (Phi) is 5.79. The maximum atomic E-state index is 11.4. The van der Waals surface area contributed by atoms with Crippen molar-refractivity contribution in [2.75, 3.05) is 20.1 Å². The number of non-ortho nitro benzene ring substituents is 1. The number of rotatable bonds is 7. The van der Waals surface area contributed by atoms with Crippen LogP contribution >= 0.6 is 0 Å². The summed E-state index contributed by atoms with van der Waals surface area (Å²) >= 11 is 0. The lowest BCUT2D eigenvalue weighted by molar-refractivity contribution is -0.384. The Morgan fingerprint density at radius 1 is 1.39 bits per heavy atom. The van der Waals surface area contributed by atoms with E-state index in [1.54, 1.807) is 12.1 Å². The van der Waals surface area contributed by atoms with E-state index in [1.165, 1.54) is 12.1 Å². The summed E-state index contributed by atoms with van der Waals surface area (Å²) in [6.45, 7) is 1.31. The fourth-order valence-electron chi connectivity index (χ4n) is 1.50. The summed E-state index contributed by atoms with van der Waals surface area (Å²) < 4.78 is 0. The zero-order chi connectivity index (χ0) is 13.4. The third kappa shape index (κ3) is 4.92. The van der Waals surface area contributed by atoms with Crippen LogP contribution in [0.3, 0.4) is 0 Å². The van der Waals surface area contributed by atoms with Crippen molar-refractivity contribution in [3.8, 4) is 0 Å². The number of benzene rings is 1. The number of nitrogens with one attached hydrogen (secondary N) is 2. The molecule has 0 heterocycles. The lowest BCUT2D eigenvalue weighted by atomic mass is 10.1. The zero-order valence-electron chi connectivity index (χ0n) is 10.3. The van der Waals surface area contributed by atoms with E-state index in [0.717, 1.165) is 12.1 Å². The minimum atomic E-state index is -0.434. The molecule has 98 valence electrons. The zero-order valence-corrected chi connectivity index (χ0v) is 10.3. The fraction of sp³-hybridized carbons (Fsp3) is 0.417. The summed E-state index contributed by atoms with van der Waals surface area (Å²) in [6.07, 6.45) is 0.845. The first-order valence-corrected chi connectivity index (χ1v) is 5.78. The monoisotopic (exact) mass is 251 g/mol. The van der Waals surface area contributed by atoms with Crippen LogP contribution in [0.2, 0.25) is 0 Å². The normalized spacial score (nSPS) is 10.1. The predicted octanol–water partition coefficient (Wildman–Crippen LogP) is 0.863. The summed E-state index contributed by atoms with van der Waals surface area (Å²) in [4.78, 5) is 21.6. The molecule has 6 heteroatoms. The van der Waals surface area contributed by atoms with Gasteiger partial charge in [-0.2, -0.15) is 0 Å². The second-order valence-corrected chi connectivity index (χ2v) is 3.88. The van der Waals surface area contributed by atoms with E-state index in [-0.39, 0.29) is 11.6 Å². The molecular formula is C12H17N3O3. The first-order valence-electron chi connectivity index (χ1n) is 5.78. The van der Waals surface area contributed by atoms with Crippen LogP contribution in [-0.4, -0.2) is 31.0 Å². The highest BCUT2D eigenvalue weighted by atomic mass is 16.6. The fourth-order valence-corrected chi connectivity index (χ4v) is 1.50. The van der Waals surface area contributed by atoms with E-state index in [9.17, 15) is 14.9 Å². The van der Waals surface area contributed by atoms with Gasteiger partial charge < -0.3 is 10.6 Å². The lowest BCUT2D eigenvalue weighted by Gasteiger charge is -2.04. The number of nitrogens with zero attached hydrogens (tertiary/aromatic N) is 1.